The number of ether oxygens (including phenoxy) is 1. The Balaban J connectivity index is 2.79. The minimum atomic E-state index is 0.752. The number of methoxy groups -OCH3 is 1. The van der Waals surface area contributed by atoms with Crippen LogP contribution < -0.4 is 10.5 Å². The third kappa shape index (κ3) is 1.13. The van der Waals surface area contributed by atoms with Crippen molar-refractivity contribution >= 4 is 16.6 Å². The molecular weight excluding hydrogens is 164 g/mol. The zero-order valence-electron chi connectivity index (χ0n) is 7.74. The zero-order valence-corrected chi connectivity index (χ0v) is 7.74. The van der Waals surface area contributed by atoms with E-state index in [1.165, 1.54) is 0 Å². The van der Waals surface area contributed by atoms with Gasteiger partial charge < -0.3 is 15.0 Å². The molecule has 13 heavy (non-hydrogen) atoms. The van der Waals surface area contributed by atoms with Gasteiger partial charge in [-0.2, -0.15) is 0 Å². The van der Waals surface area contributed by atoms with Gasteiger partial charge in [0.05, 0.1) is 18.3 Å². The highest BCUT2D eigenvalue weighted by Gasteiger charge is 2.04. The van der Waals surface area contributed by atoms with E-state index in [1.54, 1.807) is 7.11 Å². The van der Waals surface area contributed by atoms with Crippen molar-refractivity contribution in [2.24, 2.45) is 7.05 Å². The first-order valence-corrected chi connectivity index (χ1v) is 4.11. The Morgan fingerprint density at radius 2 is 2.15 bits per heavy atom. The van der Waals surface area contributed by atoms with Crippen LogP contribution in [0.4, 0.5) is 5.69 Å². The quantitative estimate of drug-likeness (QED) is 0.673. The van der Waals surface area contributed by atoms with E-state index in [0.29, 0.717) is 0 Å². The predicted octanol–water partition coefficient (Wildman–Crippen LogP) is 1.77. The zero-order chi connectivity index (χ0) is 9.42. The number of fused-ring (bicyclic) bond motifs is 1. The summed E-state index contributed by atoms with van der Waals surface area (Å²) in [4.78, 5) is 0. The first kappa shape index (κ1) is 7.98. The van der Waals surface area contributed by atoms with Crippen molar-refractivity contribution < 1.29 is 4.74 Å². The standard InChI is InChI=1S/C10H12N2O/c1-12-4-3-7-5-8(13-2)6-9(11)10(7)12/h3-6H,11H2,1-2H3. The molecule has 0 amide bonds. The van der Waals surface area contributed by atoms with Crippen LogP contribution in [0.15, 0.2) is 24.4 Å². The van der Waals surface area contributed by atoms with Crippen molar-refractivity contribution in [1.29, 1.82) is 0 Å². The number of aryl methyl sites for hydroxylation is 1. The molecule has 2 aromatic rings. The number of nitrogens with zero attached hydrogens (tertiary/aromatic N) is 1. The summed E-state index contributed by atoms with van der Waals surface area (Å²) in [5, 5.41) is 1.11. The Morgan fingerprint density at radius 1 is 1.38 bits per heavy atom. The highest BCUT2D eigenvalue weighted by atomic mass is 16.5. The molecule has 0 radical (unpaired) electrons. The van der Waals surface area contributed by atoms with Gasteiger partial charge >= 0.3 is 0 Å². The third-order valence-corrected chi connectivity index (χ3v) is 2.21. The Morgan fingerprint density at radius 3 is 2.85 bits per heavy atom. The van der Waals surface area contributed by atoms with Crippen molar-refractivity contribution in [2.45, 2.75) is 0 Å². The molecule has 3 heteroatoms. The van der Waals surface area contributed by atoms with Gasteiger partial charge in [0, 0.05) is 24.7 Å². The van der Waals surface area contributed by atoms with E-state index >= 15 is 0 Å². The molecule has 0 aliphatic rings. The summed E-state index contributed by atoms with van der Waals surface area (Å²) in [6.45, 7) is 0. The Hall–Kier alpha value is -1.64. The molecule has 0 bridgehead atoms. The summed E-state index contributed by atoms with van der Waals surface area (Å²) in [6, 6.07) is 5.84. The van der Waals surface area contributed by atoms with Crippen LogP contribution in [-0.2, 0) is 7.05 Å². The fourth-order valence-corrected chi connectivity index (χ4v) is 1.57. The summed E-state index contributed by atoms with van der Waals surface area (Å²) in [5.41, 5.74) is 7.69. The lowest BCUT2D eigenvalue weighted by Crippen LogP contribution is -1.93. The fraction of sp³-hybridized carbons (Fsp3) is 0.200. The number of nitrogen functional groups attached to an aromatic ring is 1. The average Bonchev–Trinajstić information content (AvgIpc) is 2.48. The summed E-state index contributed by atoms with van der Waals surface area (Å²) in [6.07, 6.45) is 1.99. The normalized spacial score (nSPS) is 10.6. The van der Waals surface area contributed by atoms with Gasteiger partial charge in [0.1, 0.15) is 5.75 Å². The molecule has 2 N–H and O–H groups in total. The number of hydrogen-bond acceptors (Lipinski definition) is 2. The topological polar surface area (TPSA) is 40.2 Å². The molecule has 68 valence electrons. The molecule has 0 fully saturated rings. The molecule has 0 saturated carbocycles. The van der Waals surface area contributed by atoms with Gasteiger partial charge in [0.15, 0.2) is 0 Å². The number of aromatic nitrogens is 1. The summed E-state index contributed by atoms with van der Waals surface area (Å²) >= 11 is 0. The van der Waals surface area contributed by atoms with Crippen LogP contribution >= 0.6 is 0 Å². The minimum Gasteiger partial charge on any atom is -0.497 e. The molecule has 0 saturated heterocycles. The van der Waals surface area contributed by atoms with Gasteiger partial charge in [-0.1, -0.05) is 0 Å². The minimum absolute atomic E-state index is 0.752. The second-order valence-electron chi connectivity index (χ2n) is 3.08. The van der Waals surface area contributed by atoms with Crippen LogP contribution in [0.2, 0.25) is 0 Å². The number of hydrogen-bond donors (Lipinski definition) is 1. The lowest BCUT2D eigenvalue weighted by Gasteiger charge is -2.04. The van der Waals surface area contributed by atoms with Crippen molar-refractivity contribution in [3.05, 3.63) is 24.4 Å². The Bertz CT molecular complexity index is 445. The monoisotopic (exact) mass is 176 g/mol. The van der Waals surface area contributed by atoms with Crippen LogP contribution in [0.25, 0.3) is 10.9 Å². The summed E-state index contributed by atoms with van der Waals surface area (Å²) in [7, 11) is 3.62. The molecule has 0 spiro atoms. The number of rotatable bonds is 1. The number of nitrogens with two attached hydrogens (primary N) is 1. The van der Waals surface area contributed by atoms with Crippen molar-refractivity contribution in [3.63, 3.8) is 0 Å². The number of benzene rings is 1. The molecule has 0 aliphatic carbocycles. The summed E-state index contributed by atoms with van der Waals surface area (Å²) in [5.74, 6) is 0.802. The smallest absolute Gasteiger partial charge is 0.121 e. The highest BCUT2D eigenvalue weighted by molar-refractivity contribution is 5.92. The molecule has 0 atom stereocenters. The van der Waals surface area contributed by atoms with Gasteiger partial charge in [-0.15, -0.1) is 0 Å². The van der Waals surface area contributed by atoms with Crippen molar-refractivity contribution in [3.8, 4) is 5.75 Å². The first-order chi connectivity index (χ1) is 6.22. The molecule has 1 aromatic carbocycles. The molecule has 3 nitrogen and oxygen atoms in total. The Labute approximate surface area is 76.7 Å². The second kappa shape index (κ2) is 2.69. The maximum absolute atomic E-state index is 5.88. The molecule has 1 heterocycles. The van der Waals surface area contributed by atoms with Crippen molar-refractivity contribution in [2.75, 3.05) is 12.8 Å². The predicted molar refractivity (Wildman–Crippen MR) is 53.9 cm³/mol. The van der Waals surface area contributed by atoms with Gasteiger partial charge in [0.25, 0.3) is 0 Å². The van der Waals surface area contributed by atoms with E-state index in [2.05, 4.69) is 0 Å². The third-order valence-electron chi connectivity index (χ3n) is 2.21. The SMILES string of the molecule is COc1cc(N)c2c(ccn2C)c1. The second-order valence-corrected chi connectivity index (χ2v) is 3.08. The van der Waals surface area contributed by atoms with Crippen LogP contribution in [0.3, 0.4) is 0 Å². The first-order valence-electron chi connectivity index (χ1n) is 4.11. The maximum atomic E-state index is 5.88. The fourth-order valence-electron chi connectivity index (χ4n) is 1.57. The van der Waals surface area contributed by atoms with E-state index in [-0.39, 0.29) is 0 Å². The lowest BCUT2D eigenvalue weighted by molar-refractivity contribution is 0.415. The Kier molecular flexibility index (Phi) is 1.65. The summed E-state index contributed by atoms with van der Waals surface area (Å²) < 4.78 is 7.13. The van der Waals surface area contributed by atoms with Crippen molar-refractivity contribution in [1.82, 2.24) is 4.57 Å². The molecule has 1 aromatic heterocycles. The van der Waals surface area contributed by atoms with Gasteiger partial charge in [-0.3, -0.25) is 0 Å². The average molecular weight is 176 g/mol. The van der Waals surface area contributed by atoms with Crippen LogP contribution in [-0.4, -0.2) is 11.7 Å². The lowest BCUT2D eigenvalue weighted by atomic mass is 10.2. The largest absolute Gasteiger partial charge is 0.497 e. The molecular formula is C10H12N2O. The van der Waals surface area contributed by atoms with Crippen LogP contribution in [0, 0.1) is 0 Å². The van der Waals surface area contributed by atoms with E-state index < -0.39 is 0 Å². The van der Waals surface area contributed by atoms with Gasteiger partial charge in [0.2, 0.25) is 0 Å². The van der Waals surface area contributed by atoms with E-state index in [1.807, 2.05) is 36.0 Å². The number of anilines is 1. The molecule has 2 rings (SSSR count). The van der Waals surface area contributed by atoms with E-state index in [4.69, 9.17) is 10.5 Å². The highest BCUT2D eigenvalue weighted by Crippen LogP contribution is 2.27. The van der Waals surface area contributed by atoms with Gasteiger partial charge in [-0.25, -0.2) is 0 Å². The molecule has 0 unspecified atom stereocenters. The van der Waals surface area contributed by atoms with Gasteiger partial charge in [-0.05, 0) is 12.1 Å². The van der Waals surface area contributed by atoms with Crippen LogP contribution in [0.1, 0.15) is 0 Å². The maximum Gasteiger partial charge on any atom is 0.121 e. The van der Waals surface area contributed by atoms with Crippen LogP contribution in [0.5, 0.6) is 5.75 Å². The van der Waals surface area contributed by atoms with E-state index in [9.17, 15) is 0 Å². The molecule has 0 aliphatic heterocycles. The van der Waals surface area contributed by atoms with E-state index in [0.717, 1.165) is 22.3 Å².